The minimum atomic E-state index is -0.456. The quantitative estimate of drug-likeness (QED) is 0.403. The summed E-state index contributed by atoms with van der Waals surface area (Å²) < 4.78 is 17.3. The first-order valence-corrected chi connectivity index (χ1v) is 9.86. The van der Waals surface area contributed by atoms with Crippen LogP contribution in [0.5, 0.6) is 0 Å². The maximum Gasteiger partial charge on any atom is 0.410 e. The van der Waals surface area contributed by atoms with E-state index < -0.39 is 4.92 Å². The van der Waals surface area contributed by atoms with Crippen LogP contribution in [0.25, 0.3) is 0 Å². The maximum atomic E-state index is 12.2. The van der Waals surface area contributed by atoms with Gasteiger partial charge in [-0.2, -0.15) is 0 Å². The first kappa shape index (κ1) is 19.1. The lowest BCUT2D eigenvalue weighted by atomic mass is 9.72. The lowest BCUT2D eigenvalue weighted by Gasteiger charge is -2.46. The predicted molar refractivity (Wildman–Crippen MR) is 99.8 cm³/mol. The van der Waals surface area contributed by atoms with Gasteiger partial charge < -0.3 is 14.2 Å². The Balaban J connectivity index is 1.20. The number of amides is 1. The highest BCUT2D eigenvalue weighted by molar-refractivity contribution is 5.71. The molecule has 4 aliphatic rings. The number of non-ortho nitro benzene ring substituents is 1. The van der Waals surface area contributed by atoms with Crippen molar-refractivity contribution in [3.63, 3.8) is 0 Å². The third-order valence-electron chi connectivity index (χ3n) is 6.21. The predicted octanol–water partition coefficient (Wildman–Crippen LogP) is 3.28. The van der Waals surface area contributed by atoms with Crippen LogP contribution < -0.4 is 0 Å². The Morgan fingerprint density at radius 2 is 2.07 bits per heavy atom. The zero-order valence-electron chi connectivity index (χ0n) is 16.0. The number of carbonyl (C=O) groups is 1. The average Bonchev–Trinajstić information content (AvgIpc) is 3.53. The van der Waals surface area contributed by atoms with E-state index in [0.717, 1.165) is 32.3 Å². The second kappa shape index (κ2) is 7.67. The van der Waals surface area contributed by atoms with E-state index in [1.54, 1.807) is 17.0 Å². The monoisotopic (exact) mass is 390 g/mol. The molecule has 1 saturated carbocycles. The lowest BCUT2D eigenvalue weighted by molar-refractivity contribution is -0.384. The Morgan fingerprint density at radius 3 is 2.68 bits per heavy atom. The van der Waals surface area contributed by atoms with E-state index in [0.29, 0.717) is 24.8 Å². The topological polar surface area (TPSA) is 90.9 Å². The van der Waals surface area contributed by atoms with Crippen molar-refractivity contribution in [2.75, 3.05) is 19.8 Å². The van der Waals surface area contributed by atoms with Crippen LogP contribution in [0.15, 0.2) is 24.3 Å². The number of nitro groups is 1. The number of hydrogen-bond acceptors (Lipinski definition) is 6. The van der Waals surface area contributed by atoms with Gasteiger partial charge in [-0.1, -0.05) is 0 Å². The van der Waals surface area contributed by atoms with Crippen molar-refractivity contribution in [3.05, 3.63) is 39.9 Å². The van der Waals surface area contributed by atoms with E-state index in [-0.39, 0.29) is 35.9 Å². The summed E-state index contributed by atoms with van der Waals surface area (Å²) >= 11 is 0. The molecule has 1 amide bonds. The van der Waals surface area contributed by atoms with E-state index in [1.807, 2.05) is 6.92 Å². The third-order valence-corrected chi connectivity index (χ3v) is 6.21. The van der Waals surface area contributed by atoms with E-state index in [4.69, 9.17) is 14.2 Å². The largest absolute Gasteiger partial charge is 0.445 e. The summed E-state index contributed by atoms with van der Waals surface area (Å²) in [5.74, 6) is 0. The molecule has 1 aliphatic carbocycles. The molecule has 1 aromatic carbocycles. The molecule has 1 aromatic rings. The van der Waals surface area contributed by atoms with Crippen molar-refractivity contribution in [1.29, 1.82) is 0 Å². The van der Waals surface area contributed by atoms with Crippen molar-refractivity contribution in [2.45, 2.75) is 57.5 Å². The molecule has 8 heteroatoms. The number of hydrogen-bond donors (Lipinski definition) is 0. The molecule has 0 spiro atoms. The van der Waals surface area contributed by atoms with Crippen LogP contribution in [0.2, 0.25) is 0 Å². The third kappa shape index (κ3) is 4.12. The lowest BCUT2D eigenvalue weighted by Crippen LogP contribution is -2.46. The van der Waals surface area contributed by atoms with Gasteiger partial charge in [0.2, 0.25) is 0 Å². The molecule has 0 aromatic heterocycles. The standard InChI is InChI=1S/C20H26N2O6/c1-14(27-12-20-8-6-17(7-9-20)28-13-20)18-10-21(18)19(23)26-11-15-2-4-16(5-3-15)22(24)25/h2-5,14,17-18H,6-13H2,1H3/t14-,17?,18-,20?,21?/m1/s1. The first-order valence-electron chi connectivity index (χ1n) is 9.86. The van der Waals surface area contributed by atoms with Crippen LogP contribution in [0, 0.1) is 15.5 Å². The number of ether oxygens (including phenoxy) is 3. The van der Waals surface area contributed by atoms with Crippen LogP contribution >= 0.6 is 0 Å². The minimum Gasteiger partial charge on any atom is -0.445 e. The molecule has 0 radical (unpaired) electrons. The molecule has 3 heterocycles. The van der Waals surface area contributed by atoms with Gasteiger partial charge in [0, 0.05) is 24.1 Å². The molecule has 28 heavy (non-hydrogen) atoms. The fourth-order valence-electron chi connectivity index (χ4n) is 4.12. The fraction of sp³-hybridized carbons (Fsp3) is 0.650. The highest BCUT2D eigenvalue weighted by atomic mass is 16.6. The van der Waals surface area contributed by atoms with Crippen molar-refractivity contribution >= 4 is 11.8 Å². The molecule has 4 fully saturated rings. The highest BCUT2D eigenvalue weighted by Crippen LogP contribution is 2.43. The highest BCUT2D eigenvalue weighted by Gasteiger charge is 2.46. The molecule has 3 aliphatic heterocycles. The normalized spacial score (nSPS) is 29.4. The second-order valence-corrected chi connectivity index (χ2v) is 8.22. The molecule has 0 N–H and O–H groups in total. The zero-order valence-corrected chi connectivity index (χ0v) is 16.0. The molecule has 2 atom stereocenters. The Labute approximate surface area is 163 Å². The fourth-order valence-corrected chi connectivity index (χ4v) is 4.12. The van der Waals surface area contributed by atoms with Gasteiger partial charge in [-0.25, -0.2) is 4.79 Å². The number of rotatable bonds is 7. The smallest absolute Gasteiger partial charge is 0.410 e. The Bertz CT molecular complexity index is 715. The molecule has 0 unspecified atom stereocenters. The molecule has 8 nitrogen and oxygen atoms in total. The van der Waals surface area contributed by atoms with E-state index in [2.05, 4.69) is 0 Å². The van der Waals surface area contributed by atoms with Crippen LogP contribution in [0.3, 0.4) is 0 Å². The van der Waals surface area contributed by atoms with Crippen LogP contribution in [0.1, 0.15) is 38.2 Å². The van der Waals surface area contributed by atoms with Crippen molar-refractivity contribution in [1.82, 2.24) is 4.90 Å². The van der Waals surface area contributed by atoms with Gasteiger partial charge in [0.1, 0.15) is 6.61 Å². The van der Waals surface area contributed by atoms with Crippen molar-refractivity contribution < 1.29 is 23.9 Å². The van der Waals surface area contributed by atoms with Crippen LogP contribution in [0.4, 0.5) is 10.5 Å². The van der Waals surface area contributed by atoms with E-state index in [9.17, 15) is 14.9 Å². The minimum absolute atomic E-state index is 0.0170. The van der Waals surface area contributed by atoms with Crippen molar-refractivity contribution in [2.24, 2.45) is 5.41 Å². The molecule has 2 bridgehead atoms. The molecule has 152 valence electrons. The molecular formula is C20H26N2O6. The van der Waals surface area contributed by atoms with E-state index >= 15 is 0 Å². The van der Waals surface area contributed by atoms with Crippen molar-refractivity contribution in [3.8, 4) is 0 Å². The van der Waals surface area contributed by atoms with E-state index in [1.165, 1.54) is 12.1 Å². The summed E-state index contributed by atoms with van der Waals surface area (Å²) in [6.45, 7) is 4.20. The summed E-state index contributed by atoms with van der Waals surface area (Å²) in [5, 5.41) is 10.7. The maximum absolute atomic E-state index is 12.2. The van der Waals surface area contributed by atoms with Gasteiger partial charge in [-0.3, -0.25) is 15.0 Å². The van der Waals surface area contributed by atoms with Gasteiger partial charge >= 0.3 is 6.09 Å². The molecular weight excluding hydrogens is 364 g/mol. The summed E-state index contributed by atoms with van der Waals surface area (Å²) in [5.41, 5.74) is 0.885. The summed E-state index contributed by atoms with van der Waals surface area (Å²) in [4.78, 5) is 24.1. The zero-order chi connectivity index (χ0) is 19.7. The Kier molecular flexibility index (Phi) is 5.25. The Morgan fingerprint density at radius 1 is 1.36 bits per heavy atom. The SMILES string of the molecule is C[C@@H](OCC12CCC(CC1)OC2)[C@H]1CN1C(=O)OCc1ccc([N+](=O)[O-])cc1. The summed E-state index contributed by atoms with van der Waals surface area (Å²) in [7, 11) is 0. The van der Waals surface area contributed by atoms with Gasteiger partial charge in [-0.15, -0.1) is 0 Å². The number of nitrogens with zero attached hydrogens (tertiary/aromatic N) is 2. The first-order chi connectivity index (χ1) is 13.5. The number of nitro benzene ring substituents is 1. The second-order valence-electron chi connectivity index (χ2n) is 8.22. The molecule has 5 rings (SSSR count). The number of benzene rings is 1. The number of fused-ring (bicyclic) bond motifs is 3. The summed E-state index contributed by atoms with van der Waals surface area (Å²) in [6.07, 6.45) is 4.61. The van der Waals surface area contributed by atoms with Gasteiger partial charge in [0.05, 0.1) is 36.4 Å². The van der Waals surface area contributed by atoms with Gasteiger partial charge in [0.15, 0.2) is 0 Å². The van der Waals surface area contributed by atoms with Crippen LogP contribution in [-0.4, -0.2) is 53.9 Å². The van der Waals surface area contributed by atoms with Gasteiger partial charge in [0.25, 0.3) is 5.69 Å². The number of carbonyl (C=O) groups excluding carboxylic acids is 1. The molecule has 3 saturated heterocycles. The van der Waals surface area contributed by atoms with Gasteiger partial charge in [-0.05, 0) is 50.3 Å². The summed E-state index contributed by atoms with van der Waals surface area (Å²) in [6, 6.07) is 6.04. The van der Waals surface area contributed by atoms with Crippen LogP contribution in [-0.2, 0) is 20.8 Å². The Hall–Kier alpha value is -2.19. The average molecular weight is 390 g/mol.